The van der Waals surface area contributed by atoms with E-state index in [4.69, 9.17) is 0 Å². The number of fused-ring (bicyclic) bond motifs is 1. The molecular weight excluding hydrogens is 254 g/mol. The lowest BCUT2D eigenvalue weighted by atomic mass is 10.1. The molecule has 0 saturated carbocycles. The molecule has 0 saturated heterocycles. The molecule has 0 spiro atoms. The maximum Gasteiger partial charge on any atom is 0.274 e. The first-order valence-corrected chi connectivity index (χ1v) is 6.15. The molecule has 3 aromatic rings. The van der Waals surface area contributed by atoms with E-state index in [-0.39, 0.29) is 5.91 Å². The molecule has 5 nitrogen and oxygen atoms in total. The zero-order chi connectivity index (χ0) is 13.9. The molecule has 3 rings (SSSR count). The van der Waals surface area contributed by atoms with Gasteiger partial charge in [-0.25, -0.2) is 10.5 Å². The SMILES string of the molecule is CONC(=O)c1ccc(-c2cccc3nccn23)cc1. The fraction of sp³-hybridized carbons (Fsp3) is 0.0667. The molecule has 5 heteroatoms. The predicted molar refractivity (Wildman–Crippen MR) is 75.1 cm³/mol. The molecule has 1 aromatic carbocycles. The summed E-state index contributed by atoms with van der Waals surface area (Å²) in [5.41, 5.74) is 5.78. The van der Waals surface area contributed by atoms with Crippen molar-refractivity contribution in [2.45, 2.75) is 0 Å². The summed E-state index contributed by atoms with van der Waals surface area (Å²) in [4.78, 5) is 20.5. The highest BCUT2D eigenvalue weighted by Gasteiger charge is 2.07. The van der Waals surface area contributed by atoms with Crippen LogP contribution in [0.3, 0.4) is 0 Å². The van der Waals surface area contributed by atoms with Gasteiger partial charge in [0.15, 0.2) is 0 Å². The minimum Gasteiger partial charge on any atom is -0.300 e. The summed E-state index contributed by atoms with van der Waals surface area (Å²) in [6.45, 7) is 0. The van der Waals surface area contributed by atoms with Gasteiger partial charge in [-0.2, -0.15) is 0 Å². The topological polar surface area (TPSA) is 55.6 Å². The van der Waals surface area contributed by atoms with E-state index in [0.29, 0.717) is 5.56 Å². The number of hydroxylamine groups is 1. The summed E-state index contributed by atoms with van der Waals surface area (Å²) in [5, 5.41) is 0. The maximum absolute atomic E-state index is 11.6. The second-order valence-electron chi connectivity index (χ2n) is 4.28. The number of carbonyl (C=O) groups excluding carboxylic acids is 1. The molecule has 0 aliphatic rings. The Bertz CT molecular complexity index is 747. The Balaban J connectivity index is 1.99. The van der Waals surface area contributed by atoms with Crippen molar-refractivity contribution >= 4 is 11.6 Å². The van der Waals surface area contributed by atoms with Crippen LogP contribution in [0.2, 0.25) is 0 Å². The standard InChI is InChI=1S/C15H13N3O2/c1-20-17-15(19)12-7-5-11(6-8-12)13-3-2-4-14-16-9-10-18(13)14/h2-10H,1H3,(H,17,19). The molecular formula is C15H13N3O2. The van der Waals surface area contributed by atoms with Crippen molar-refractivity contribution < 1.29 is 9.63 Å². The molecule has 20 heavy (non-hydrogen) atoms. The minimum absolute atomic E-state index is 0.264. The van der Waals surface area contributed by atoms with Gasteiger partial charge in [0.25, 0.3) is 5.91 Å². The van der Waals surface area contributed by atoms with Crippen molar-refractivity contribution in [1.29, 1.82) is 0 Å². The summed E-state index contributed by atoms with van der Waals surface area (Å²) in [7, 11) is 1.41. The Morgan fingerprint density at radius 3 is 2.75 bits per heavy atom. The second kappa shape index (κ2) is 5.14. The van der Waals surface area contributed by atoms with Gasteiger partial charge in [-0.3, -0.25) is 14.0 Å². The first kappa shape index (κ1) is 12.4. The zero-order valence-corrected chi connectivity index (χ0v) is 10.9. The van der Waals surface area contributed by atoms with Gasteiger partial charge in [-0.1, -0.05) is 18.2 Å². The molecule has 0 aliphatic heterocycles. The van der Waals surface area contributed by atoms with Crippen molar-refractivity contribution in [3.63, 3.8) is 0 Å². The average molecular weight is 267 g/mol. The fourth-order valence-electron chi connectivity index (χ4n) is 2.13. The number of rotatable bonds is 3. The number of pyridine rings is 1. The number of carbonyl (C=O) groups is 1. The van der Waals surface area contributed by atoms with Crippen LogP contribution in [-0.2, 0) is 4.84 Å². The van der Waals surface area contributed by atoms with Gasteiger partial charge in [0.1, 0.15) is 5.65 Å². The predicted octanol–water partition coefficient (Wildman–Crippen LogP) is 2.29. The van der Waals surface area contributed by atoms with Gasteiger partial charge in [0.05, 0.1) is 12.8 Å². The molecule has 0 radical (unpaired) electrons. The summed E-state index contributed by atoms with van der Waals surface area (Å²) in [6.07, 6.45) is 3.68. The summed E-state index contributed by atoms with van der Waals surface area (Å²) in [6, 6.07) is 13.3. The molecule has 100 valence electrons. The van der Waals surface area contributed by atoms with Crippen molar-refractivity contribution in [2.75, 3.05) is 7.11 Å². The molecule has 1 amide bonds. The van der Waals surface area contributed by atoms with Gasteiger partial charge in [0, 0.05) is 18.0 Å². The molecule has 0 atom stereocenters. The van der Waals surface area contributed by atoms with Crippen LogP contribution >= 0.6 is 0 Å². The quantitative estimate of drug-likeness (QED) is 0.741. The molecule has 0 unspecified atom stereocenters. The third-order valence-electron chi connectivity index (χ3n) is 3.07. The number of aromatic nitrogens is 2. The number of imidazole rings is 1. The van der Waals surface area contributed by atoms with Crippen LogP contribution in [0.1, 0.15) is 10.4 Å². The van der Waals surface area contributed by atoms with E-state index in [9.17, 15) is 4.79 Å². The van der Waals surface area contributed by atoms with Gasteiger partial charge in [0.2, 0.25) is 0 Å². The van der Waals surface area contributed by atoms with E-state index in [1.165, 1.54) is 7.11 Å². The second-order valence-corrected chi connectivity index (χ2v) is 4.28. The van der Waals surface area contributed by atoms with Crippen molar-refractivity contribution in [3.05, 3.63) is 60.4 Å². The highest BCUT2D eigenvalue weighted by molar-refractivity contribution is 5.93. The summed E-state index contributed by atoms with van der Waals surface area (Å²) in [5.74, 6) is -0.264. The largest absolute Gasteiger partial charge is 0.300 e. The Hall–Kier alpha value is -2.66. The maximum atomic E-state index is 11.6. The normalized spacial score (nSPS) is 10.7. The van der Waals surface area contributed by atoms with E-state index >= 15 is 0 Å². The summed E-state index contributed by atoms with van der Waals surface area (Å²) < 4.78 is 2.00. The summed E-state index contributed by atoms with van der Waals surface area (Å²) >= 11 is 0. The molecule has 0 fully saturated rings. The van der Waals surface area contributed by atoms with Gasteiger partial charge < -0.3 is 0 Å². The first-order valence-electron chi connectivity index (χ1n) is 6.15. The average Bonchev–Trinajstić information content (AvgIpc) is 2.96. The number of amides is 1. The van der Waals surface area contributed by atoms with Crippen molar-refractivity contribution in [2.24, 2.45) is 0 Å². The van der Waals surface area contributed by atoms with Gasteiger partial charge in [-0.05, 0) is 29.8 Å². The highest BCUT2D eigenvalue weighted by Crippen LogP contribution is 2.21. The van der Waals surface area contributed by atoms with Crippen molar-refractivity contribution in [3.8, 4) is 11.3 Å². The van der Waals surface area contributed by atoms with Crippen LogP contribution in [0, 0.1) is 0 Å². The van der Waals surface area contributed by atoms with E-state index in [1.54, 1.807) is 18.3 Å². The van der Waals surface area contributed by atoms with E-state index in [0.717, 1.165) is 16.9 Å². The lowest BCUT2D eigenvalue weighted by molar-refractivity contribution is 0.0537. The van der Waals surface area contributed by atoms with Crippen LogP contribution < -0.4 is 5.48 Å². The Labute approximate surface area is 115 Å². The van der Waals surface area contributed by atoms with Crippen LogP contribution in [0.15, 0.2) is 54.9 Å². The fourth-order valence-corrected chi connectivity index (χ4v) is 2.13. The molecule has 2 aromatic heterocycles. The Morgan fingerprint density at radius 1 is 1.20 bits per heavy atom. The van der Waals surface area contributed by atoms with Gasteiger partial charge in [-0.15, -0.1) is 0 Å². The van der Waals surface area contributed by atoms with Crippen LogP contribution in [0.25, 0.3) is 16.9 Å². The zero-order valence-electron chi connectivity index (χ0n) is 10.9. The van der Waals surface area contributed by atoms with E-state index < -0.39 is 0 Å². The minimum atomic E-state index is -0.264. The number of nitrogens with one attached hydrogen (secondary N) is 1. The highest BCUT2D eigenvalue weighted by atomic mass is 16.6. The van der Waals surface area contributed by atoms with Crippen LogP contribution in [0.5, 0.6) is 0 Å². The van der Waals surface area contributed by atoms with E-state index in [1.807, 2.05) is 40.9 Å². The van der Waals surface area contributed by atoms with Crippen LogP contribution in [-0.4, -0.2) is 22.4 Å². The number of hydrogen-bond donors (Lipinski definition) is 1. The number of hydrogen-bond acceptors (Lipinski definition) is 3. The third kappa shape index (κ3) is 2.15. The number of nitrogens with zero attached hydrogens (tertiary/aromatic N) is 2. The Morgan fingerprint density at radius 2 is 2.00 bits per heavy atom. The monoisotopic (exact) mass is 267 g/mol. The lowest BCUT2D eigenvalue weighted by Crippen LogP contribution is -2.21. The number of benzene rings is 1. The smallest absolute Gasteiger partial charge is 0.274 e. The first-order chi connectivity index (χ1) is 9.79. The molecule has 2 heterocycles. The van der Waals surface area contributed by atoms with Crippen LogP contribution in [0.4, 0.5) is 0 Å². The van der Waals surface area contributed by atoms with Crippen molar-refractivity contribution in [1.82, 2.24) is 14.9 Å². The van der Waals surface area contributed by atoms with Gasteiger partial charge >= 0.3 is 0 Å². The third-order valence-corrected chi connectivity index (χ3v) is 3.07. The lowest BCUT2D eigenvalue weighted by Gasteiger charge is -2.07. The molecule has 0 bridgehead atoms. The van der Waals surface area contributed by atoms with E-state index in [2.05, 4.69) is 15.3 Å². The Kier molecular flexibility index (Phi) is 3.18. The molecule has 0 aliphatic carbocycles. The molecule has 1 N–H and O–H groups in total.